The first kappa shape index (κ1) is 15.1. The molecular weight excluding hydrogens is 282 g/mol. The van der Waals surface area contributed by atoms with Crippen LogP contribution in [0.4, 0.5) is 9.80 Å². The van der Waals surface area contributed by atoms with Crippen LogP contribution < -0.4 is 10.6 Å². The number of anilines is 1. The van der Waals surface area contributed by atoms with Crippen molar-refractivity contribution >= 4 is 22.4 Å². The number of hydrogen-bond acceptors (Lipinski definition) is 3. The van der Waals surface area contributed by atoms with E-state index in [9.17, 15) is 10.1 Å². The summed E-state index contributed by atoms with van der Waals surface area (Å²) < 4.78 is 0. The van der Waals surface area contributed by atoms with Crippen LogP contribution in [0, 0.1) is 25.2 Å². The molecule has 2 amide bonds. The number of benzene rings is 1. The number of carbonyl (C=O) groups excluding carboxylic acids is 1. The van der Waals surface area contributed by atoms with E-state index < -0.39 is 0 Å². The molecule has 2 rings (SSSR count). The van der Waals surface area contributed by atoms with Gasteiger partial charge >= 0.3 is 6.03 Å². The van der Waals surface area contributed by atoms with E-state index in [1.807, 2.05) is 51.1 Å². The molecule has 1 aromatic carbocycles. The molecule has 0 saturated carbocycles. The molecule has 4 nitrogen and oxygen atoms in total. The average molecular weight is 299 g/mol. The molecule has 108 valence electrons. The molecule has 0 radical (unpaired) electrons. The Bertz CT molecular complexity index is 686. The molecule has 1 atom stereocenters. The van der Waals surface area contributed by atoms with Gasteiger partial charge in [-0.05, 0) is 31.9 Å². The van der Waals surface area contributed by atoms with E-state index in [1.165, 1.54) is 11.3 Å². The van der Waals surface area contributed by atoms with Crippen LogP contribution in [0.15, 0.2) is 30.3 Å². The molecule has 0 aliphatic carbocycles. The lowest BCUT2D eigenvalue weighted by atomic mass is 10.1. The number of nitrogens with one attached hydrogen (secondary N) is 2. The van der Waals surface area contributed by atoms with Gasteiger partial charge in [0.15, 0.2) is 0 Å². The Kier molecular flexibility index (Phi) is 4.61. The summed E-state index contributed by atoms with van der Waals surface area (Å²) in [5.74, 6) is 0. The lowest BCUT2D eigenvalue weighted by Gasteiger charge is -2.14. The molecule has 2 aromatic rings. The maximum absolute atomic E-state index is 12.1. The van der Waals surface area contributed by atoms with Crippen molar-refractivity contribution in [1.29, 1.82) is 5.26 Å². The van der Waals surface area contributed by atoms with Gasteiger partial charge in [0.2, 0.25) is 0 Å². The molecule has 0 aliphatic rings. The van der Waals surface area contributed by atoms with Crippen LogP contribution in [0.2, 0.25) is 0 Å². The van der Waals surface area contributed by atoms with Gasteiger partial charge in [0.1, 0.15) is 11.1 Å². The molecule has 21 heavy (non-hydrogen) atoms. The SMILES string of the molecule is Cc1sc(NC(=O)NC(C)c2ccccc2)c(C#N)c1C. The predicted octanol–water partition coefficient (Wildman–Crippen LogP) is 4.12. The van der Waals surface area contributed by atoms with E-state index in [2.05, 4.69) is 16.7 Å². The topological polar surface area (TPSA) is 64.9 Å². The third-order valence-corrected chi connectivity index (χ3v) is 4.49. The van der Waals surface area contributed by atoms with Crippen molar-refractivity contribution in [3.63, 3.8) is 0 Å². The highest BCUT2D eigenvalue weighted by molar-refractivity contribution is 7.16. The third kappa shape index (κ3) is 3.41. The van der Waals surface area contributed by atoms with Crippen LogP contribution in [0.1, 0.15) is 34.5 Å². The normalized spacial score (nSPS) is 11.5. The van der Waals surface area contributed by atoms with Crippen molar-refractivity contribution < 1.29 is 4.79 Å². The highest BCUT2D eigenvalue weighted by Gasteiger charge is 2.15. The van der Waals surface area contributed by atoms with Crippen molar-refractivity contribution in [2.75, 3.05) is 5.32 Å². The number of thiophene rings is 1. The van der Waals surface area contributed by atoms with E-state index in [0.717, 1.165) is 16.0 Å². The summed E-state index contributed by atoms with van der Waals surface area (Å²) in [6, 6.07) is 11.5. The highest BCUT2D eigenvalue weighted by atomic mass is 32.1. The number of urea groups is 1. The molecule has 1 unspecified atom stereocenters. The van der Waals surface area contributed by atoms with E-state index in [4.69, 9.17) is 0 Å². The maximum atomic E-state index is 12.1. The molecule has 0 bridgehead atoms. The van der Waals surface area contributed by atoms with Crippen molar-refractivity contribution in [3.05, 3.63) is 51.9 Å². The van der Waals surface area contributed by atoms with Gasteiger partial charge in [-0.1, -0.05) is 30.3 Å². The zero-order valence-electron chi connectivity index (χ0n) is 12.2. The summed E-state index contributed by atoms with van der Waals surface area (Å²) in [4.78, 5) is 13.1. The Balaban J connectivity index is 2.06. The number of amides is 2. The Morgan fingerprint density at radius 2 is 1.95 bits per heavy atom. The second-order valence-corrected chi connectivity index (χ2v) is 6.05. The first-order chi connectivity index (χ1) is 10.0. The number of nitrogens with zero attached hydrogens (tertiary/aromatic N) is 1. The molecule has 0 aliphatic heterocycles. The number of rotatable bonds is 3. The first-order valence-electron chi connectivity index (χ1n) is 6.65. The molecule has 0 fully saturated rings. The summed E-state index contributed by atoms with van der Waals surface area (Å²) in [6.07, 6.45) is 0. The lowest BCUT2D eigenvalue weighted by Crippen LogP contribution is -2.31. The van der Waals surface area contributed by atoms with Crippen LogP contribution in [-0.2, 0) is 0 Å². The second-order valence-electron chi connectivity index (χ2n) is 4.83. The van der Waals surface area contributed by atoms with Gasteiger partial charge in [-0.2, -0.15) is 5.26 Å². The molecule has 5 heteroatoms. The first-order valence-corrected chi connectivity index (χ1v) is 7.47. The minimum Gasteiger partial charge on any atom is -0.331 e. The van der Waals surface area contributed by atoms with Crippen LogP contribution in [-0.4, -0.2) is 6.03 Å². The zero-order chi connectivity index (χ0) is 15.4. The number of hydrogen-bond donors (Lipinski definition) is 2. The maximum Gasteiger partial charge on any atom is 0.320 e. The van der Waals surface area contributed by atoms with Gasteiger partial charge in [0, 0.05) is 4.88 Å². The Hall–Kier alpha value is -2.32. The van der Waals surface area contributed by atoms with Crippen LogP contribution >= 0.6 is 11.3 Å². The fourth-order valence-electron chi connectivity index (χ4n) is 2.01. The highest BCUT2D eigenvalue weighted by Crippen LogP contribution is 2.31. The van der Waals surface area contributed by atoms with Crippen LogP contribution in [0.5, 0.6) is 0 Å². The Morgan fingerprint density at radius 1 is 1.29 bits per heavy atom. The monoisotopic (exact) mass is 299 g/mol. The Labute approximate surface area is 128 Å². The molecular formula is C16H17N3OS. The molecule has 0 saturated heterocycles. The molecule has 2 N–H and O–H groups in total. The predicted molar refractivity (Wildman–Crippen MR) is 85.5 cm³/mol. The van der Waals surface area contributed by atoms with E-state index in [1.54, 1.807) is 0 Å². The molecule has 1 heterocycles. The van der Waals surface area contributed by atoms with Crippen molar-refractivity contribution in [1.82, 2.24) is 5.32 Å². The van der Waals surface area contributed by atoms with Gasteiger partial charge in [-0.25, -0.2) is 4.79 Å². The number of carbonyl (C=O) groups is 1. The van der Waals surface area contributed by atoms with Crippen molar-refractivity contribution in [2.45, 2.75) is 26.8 Å². The Morgan fingerprint density at radius 3 is 2.57 bits per heavy atom. The lowest BCUT2D eigenvalue weighted by molar-refractivity contribution is 0.249. The van der Waals surface area contributed by atoms with Crippen molar-refractivity contribution in [3.8, 4) is 6.07 Å². The second kappa shape index (κ2) is 6.42. The smallest absolute Gasteiger partial charge is 0.320 e. The van der Waals surface area contributed by atoms with Gasteiger partial charge < -0.3 is 5.32 Å². The minimum atomic E-state index is -0.302. The summed E-state index contributed by atoms with van der Waals surface area (Å²) in [5.41, 5.74) is 2.50. The summed E-state index contributed by atoms with van der Waals surface area (Å²) in [5, 5.41) is 15.4. The average Bonchev–Trinajstić information content (AvgIpc) is 2.73. The number of nitriles is 1. The van der Waals surface area contributed by atoms with E-state index >= 15 is 0 Å². The minimum absolute atomic E-state index is 0.0982. The largest absolute Gasteiger partial charge is 0.331 e. The van der Waals surface area contributed by atoms with Crippen LogP contribution in [0.25, 0.3) is 0 Å². The van der Waals surface area contributed by atoms with Crippen molar-refractivity contribution in [2.24, 2.45) is 0 Å². The number of aryl methyl sites for hydroxylation is 1. The van der Waals surface area contributed by atoms with E-state index in [-0.39, 0.29) is 12.1 Å². The fraction of sp³-hybridized carbons (Fsp3) is 0.250. The molecule has 1 aromatic heterocycles. The summed E-state index contributed by atoms with van der Waals surface area (Å²) >= 11 is 1.42. The van der Waals surface area contributed by atoms with Crippen LogP contribution in [0.3, 0.4) is 0 Å². The van der Waals surface area contributed by atoms with Gasteiger partial charge in [-0.15, -0.1) is 11.3 Å². The summed E-state index contributed by atoms with van der Waals surface area (Å²) in [6.45, 7) is 5.75. The van der Waals surface area contributed by atoms with Gasteiger partial charge in [-0.3, -0.25) is 5.32 Å². The van der Waals surface area contributed by atoms with E-state index in [0.29, 0.717) is 10.6 Å². The standard InChI is InChI=1S/C16H17N3OS/c1-10-12(3)21-15(14(10)9-17)19-16(20)18-11(2)13-7-5-4-6-8-13/h4-8,11H,1-3H3,(H2,18,19,20). The van der Waals surface area contributed by atoms with Gasteiger partial charge in [0.05, 0.1) is 11.6 Å². The summed E-state index contributed by atoms with van der Waals surface area (Å²) in [7, 11) is 0. The van der Waals surface area contributed by atoms with Gasteiger partial charge in [0.25, 0.3) is 0 Å². The zero-order valence-corrected chi connectivity index (χ0v) is 13.0. The molecule has 0 spiro atoms. The quantitative estimate of drug-likeness (QED) is 0.895. The third-order valence-electron chi connectivity index (χ3n) is 3.37. The fourth-order valence-corrected chi connectivity index (χ4v) is 3.02.